The van der Waals surface area contributed by atoms with Crippen LogP contribution in [0.25, 0.3) is 0 Å². The predicted octanol–water partition coefficient (Wildman–Crippen LogP) is 2.23. The number of benzene rings is 2. The Morgan fingerprint density at radius 2 is 1.50 bits per heavy atom. The minimum Gasteiger partial charge on any atom is -0.497 e. The van der Waals surface area contributed by atoms with Gasteiger partial charge in [-0.25, -0.2) is 13.1 Å². The predicted molar refractivity (Wildman–Crippen MR) is 91.4 cm³/mol. The molecule has 0 aliphatic heterocycles. The van der Waals surface area contributed by atoms with Crippen LogP contribution < -0.4 is 18.9 Å². The Bertz CT molecular complexity index is 772. The minimum atomic E-state index is -3.56. The summed E-state index contributed by atoms with van der Waals surface area (Å²) in [5, 5.41) is 0. The summed E-state index contributed by atoms with van der Waals surface area (Å²) in [5.74, 6) is 1.96. The molecule has 0 heterocycles. The van der Waals surface area contributed by atoms with Gasteiger partial charge < -0.3 is 14.2 Å². The molecule has 2 aromatic rings. The van der Waals surface area contributed by atoms with Crippen LogP contribution >= 0.6 is 0 Å². The molecule has 2 rings (SSSR count). The van der Waals surface area contributed by atoms with E-state index in [4.69, 9.17) is 14.2 Å². The van der Waals surface area contributed by atoms with E-state index in [1.54, 1.807) is 32.4 Å². The third-order valence-corrected chi connectivity index (χ3v) is 5.03. The first-order valence-corrected chi connectivity index (χ1v) is 8.83. The zero-order chi connectivity index (χ0) is 17.6. The van der Waals surface area contributed by atoms with Gasteiger partial charge in [-0.3, -0.25) is 0 Å². The van der Waals surface area contributed by atoms with Crippen LogP contribution in [0.15, 0.2) is 47.4 Å². The van der Waals surface area contributed by atoms with Crippen LogP contribution in [0, 0.1) is 0 Å². The van der Waals surface area contributed by atoms with E-state index in [1.165, 1.54) is 19.2 Å². The molecule has 0 aromatic heterocycles. The monoisotopic (exact) mass is 351 g/mol. The van der Waals surface area contributed by atoms with Gasteiger partial charge in [-0.2, -0.15) is 0 Å². The van der Waals surface area contributed by atoms with Gasteiger partial charge in [-0.15, -0.1) is 0 Å². The Kier molecular flexibility index (Phi) is 6.05. The highest BCUT2D eigenvalue weighted by atomic mass is 32.2. The first kappa shape index (κ1) is 18.1. The van der Waals surface area contributed by atoms with Gasteiger partial charge in [0.25, 0.3) is 0 Å². The highest BCUT2D eigenvalue weighted by Gasteiger charge is 2.14. The highest BCUT2D eigenvalue weighted by molar-refractivity contribution is 7.89. The van der Waals surface area contributed by atoms with Crippen molar-refractivity contribution in [2.45, 2.75) is 11.3 Å². The van der Waals surface area contributed by atoms with E-state index in [0.29, 0.717) is 23.7 Å². The molecule has 0 amide bonds. The molecule has 0 radical (unpaired) electrons. The van der Waals surface area contributed by atoms with Crippen molar-refractivity contribution in [2.75, 3.05) is 27.9 Å². The van der Waals surface area contributed by atoms with Crippen LogP contribution in [0.5, 0.6) is 17.2 Å². The molecule has 0 bridgehead atoms. The Morgan fingerprint density at radius 1 is 0.875 bits per heavy atom. The normalized spacial score (nSPS) is 11.1. The summed E-state index contributed by atoms with van der Waals surface area (Å²) in [5.41, 5.74) is 0.899. The van der Waals surface area contributed by atoms with Crippen molar-refractivity contribution in [3.63, 3.8) is 0 Å². The largest absolute Gasteiger partial charge is 0.497 e. The van der Waals surface area contributed by atoms with Gasteiger partial charge in [0.2, 0.25) is 10.0 Å². The summed E-state index contributed by atoms with van der Waals surface area (Å²) in [7, 11) is 1.12. The zero-order valence-electron chi connectivity index (χ0n) is 13.9. The van der Waals surface area contributed by atoms with Crippen molar-refractivity contribution in [1.82, 2.24) is 4.72 Å². The Hall–Kier alpha value is -2.25. The number of rotatable bonds is 8. The smallest absolute Gasteiger partial charge is 0.240 e. The van der Waals surface area contributed by atoms with Gasteiger partial charge in [0.05, 0.1) is 26.2 Å². The highest BCUT2D eigenvalue weighted by Crippen LogP contribution is 2.24. The molecule has 0 atom stereocenters. The second-order valence-electron chi connectivity index (χ2n) is 5.00. The fourth-order valence-corrected chi connectivity index (χ4v) is 3.25. The summed E-state index contributed by atoms with van der Waals surface area (Å²) < 4.78 is 42.6. The van der Waals surface area contributed by atoms with Gasteiger partial charge in [-0.1, -0.05) is 6.07 Å². The molecule has 0 aliphatic carbocycles. The van der Waals surface area contributed by atoms with Crippen LogP contribution in [-0.2, 0) is 16.4 Å². The topological polar surface area (TPSA) is 73.9 Å². The van der Waals surface area contributed by atoms with Crippen molar-refractivity contribution in [2.24, 2.45) is 0 Å². The lowest BCUT2D eigenvalue weighted by molar-refractivity contribution is 0.391. The van der Waals surface area contributed by atoms with Gasteiger partial charge in [0.1, 0.15) is 17.2 Å². The van der Waals surface area contributed by atoms with E-state index in [0.717, 1.165) is 5.56 Å². The molecule has 0 aliphatic rings. The lowest BCUT2D eigenvalue weighted by Crippen LogP contribution is -2.26. The van der Waals surface area contributed by atoms with E-state index in [2.05, 4.69) is 4.72 Å². The lowest BCUT2D eigenvalue weighted by atomic mass is 10.1. The number of hydrogen-bond acceptors (Lipinski definition) is 5. The molecule has 0 spiro atoms. The lowest BCUT2D eigenvalue weighted by Gasteiger charge is -2.11. The van der Waals surface area contributed by atoms with Crippen molar-refractivity contribution < 1.29 is 22.6 Å². The maximum absolute atomic E-state index is 12.3. The quantitative estimate of drug-likeness (QED) is 0.789. The van der Waals surface area contributed by atoms with Gasteiger partial charge >= 0.3 is 0 Å². The molecule has 2 aromatic carbocycles. The summed E-state index contributed by atoms with van der Waals surface area (Å²) in [6.07, 6.45) is 0.503. The molecular weight excluding hydrogens is 330 g/mol. The Balaban J connectivity index is 2.02. The standard InChI is InChI=1S/C17H21NO5S/c1-21-14-6-8-16(9-7-14)24(19,20)18-11-10-13-4-5-15(22-2)12-17(13)23-3/h4-9,12,18H,10-11H2,1-3H3. The van der Waals surface area contributed by atoms with Gasteiger partial charge in [0.15, 0.2) is 0 Å². The first-order chi connectivity index (χ1) is 11.5. The number of sulfonamides is 1. The third kappa shape index (κ3) is 4.39. The van der Waals surface area contributed by atoms with Gasteiger partial charge in [0, 0.05) is 12.6 Å². The fraction of sp³-hybridized carbons (Fsp3) is 0.294. The molecule has 24 heavy (non-hydrogen) atoms. The molecular formula is C17H21NO5S. The first-order valence-electron chi connectivity index (χ1n) is 7.35. The number of nitrogens with one attached hydrogen (secondary N) is 1. The molecule has 130 valence electrons. The van der Waals surface area contributed by atoms with E-state index in [-0.39, 0.29) is 11.4 Å². The van der Waals surface area contributed by atoms with Crippen LogP contribution in [0.2, 0.25) is 0 Å². The summed E-state index contributed by atoms with van der Waals surface area (Å²) >= 11 is 0. The van der Waals surface area contributed by atoms with E-state index < -0.39 is 10.0 Å². The molecule has 6 nitrogen and oxygen atoms in total. The zero-order valence-corrected chi connectivity index (χ0v) is 14.7. The maximum atomic E-state index is 12.3. The molecule has 0 fully saturated rings. The van der Waals surface area contributed by atoms with Crippen LogP contribution in [0.1, 0.15) is 5.56 Å². The second kappa shape index (κ2) is 8.03. The van der Waals surface area contributed by atoms with E-state index in [9.17, 15) is 8.42 Å². The SMILES string of the molecule is COc1ccc(S(=O)(=O)NCCc2ccc(OC)cc2OC)cc1. The van der Waals surface area contributed by atoms with Crippen LogP contribution in [-0.4, -0.2) is 36.3 Å². The van der Waals surface area contributed by atoms with Crippen LogP contribution in [0.3, 0.4) is 0 Å². The molecule has 7 heteroatoms. The summed E-state index contributed by atoms with van der Waals surface area (Å²) in [4.78, 5) is 0.199. The summed E-state index contributed by atoms with van der Waals surface area (Å²) in [6, 6.07) is 11.7. The van der Waals surface area contributed by atoms with Crippen molar-refractivity contribution in [1.29, 1.82) is 0 Å². The number of ether oxygens (including phenoxy) is 3. The van der Waals surface area contributed by atoms with E-state index >= 15 is 0 Å². The third-order valence-electron chi connectivity index (χ3n) is 3.55. The number of methoxy groups -OCH3 is 3. The van der Waals surface area contributed by atoms with E-state index in [1.807, 2.05) is 12.1 Å². The Morgan fingerprint density at radius 3 is 2.08 bits per heavy atom. The second-order valence-corrected chi connectivity index (χ2v) is 6.77. The van der Waals surface area contributed by atoms with Crippen molar-refractivity contribution in [3.05, 3.63) is 48.0 Å². The minimum absolute atomic E-state index is 0.199. The average Bonchev–Trinajstić information content (AvgIpc) is 2.61. The van der Waals surface area contributed by atoms with Crippen LogP contribution in [0.4, 0.5) is 0 Å². The fourth-order valence-electron chi connectivity index (χ4n) is 2.22. The maximum Gasteiger partial charge on any atom is 0.240 e. The average molecular weight is 351 g/mol. The van der Waals surface area contributed by atoms with Gasteiger partial charge in [-0.05, 0) is 42.3 Å². The molecule has 1 N–H and O–H groups in total. The molecule has 0 unspecified atom stereocenters. The molecule has 0 saturated carbocycles. The summed E-state index contributed by atoms with van der Waals surface area (Å²) in [6.45, 7) is 0.261. The number of hydrogen-bond donors (Lipinski definition) is 1. The van der Waals surface area contributed by atoms with Crippen molar-refractivity contribution >= 4 is 10.0 Å². The molecule has 0 saturated heterocycles. The Labute approximate surface area is 142 Å². The van der Waals surface area contributed by atoms with Crippen molar-refractivity contribution in [3.8, 4) is 17.2 Å².